The van der Waals surface area contributed by atoms with Gasteiger partial charge in [0, 0.05) is 11.1 Å². The number of thiophene rings is 2. The second-order valence-electron chi connectivity index (χ2n) is 6.25. The van der Waals surface area contributed by atoms with Crippen LogP contribution in [0.4, 0.5) is 8.78 Å². The van der Waals surface area contributed by atoms with E-state index >= 15 is 0 Å². The zero-order chi connectivity index (χ0) is 19.3. The first-order valence-corrected chi connectivity index (χ1v) is 10.6. The van der Waals surface area contributed by atoms with Crippen molar-refractivity contribution in [2.24, 2.45) is 0 Å². The molecule has 28 heavy (non-hydrogen) atoms. The van der Waals surface area contributed by atoms with Crippen LogP contribution in [0.3, 0.4) is 0 Å². The molecular formula is C24H16F2S2. The lowest BCUT2D eigenvalue weighted by Crippen LogP contribution is -1.79. The molecule has 0 bridgehead atoms. The molecule has 4 aromatic rings. The summed E-state index contributed by atoms with van der Waals surface area (Å²) in [5, 5.41) is 8.50. The third kappa shape index (κ3) is 4.35. The van der Waals surface area contributed by atoms with Crippen molar-refractivity contribution in [1.29, 1.82) is 0 Å². The average molecular weight is 407 g/mol. The van der Waals surface area contributed by atoms with Crippen LogP contribution >= 0.6 is 22.7 Å². The second-order valence-corrected chi connectivity index (χ2v) is 7.74. The van der Waals surface area contributed by atoms with Gasteiger partial charge in [-0.05, 0) is 68.0 Å². The van der Waals surface area contributed by atoms with Crippen molar-refractivity contribution in [1.82, 2.24) is 0 Å². The molecule has 138 valence electrons. The van der Waals surface area contributed by atoms with Crippen molar-refractivity contribution < 1.29 is 8.78 Å². The van der Waals surface area contributed by atoms with E-state index in [9.17, 15) is 8.78 Å². The van der Waals surface area contributed by atoms with E-state index in [-0.39, 0.29) is 11.6 Å². The Morgan fingerprint density at radius 2 is 0.893 bits per heavy atom. The van der Waals surface area contributed by atoms with Gasteiger partial charge in [-0.25, -0.2) is 8.78 Å². The van der Waals surface area contributed by atoms with Crippen molar-refractivity contribution in [2.75, 3.05) is 0 Å². The van der Waals surface area contributed by atoms with Gasteiger partial charge in [0.05, 0.1) is 0 Å². The molecular weight excluding hydrogens is 390 g/mol. The molecule has 0 nitrogen and oxygen atoms in total. The van der Waals surface area contributed by atoms with Gasteiger partial charge in [0.15, 0.2) is 0 Å². The number of rotatable bonds is 5. The van der Waals surface area contributed by atoms with Crippen molar-refractivity contribution in [2.45, 2.75) is 0 Å². The summed E-state index contributed by atoms with van der Waals surface area (Å²) < 4.78 is 26.1. The Balaban J connectivity index is 1.59. The minimum atomic E-state index is -0.232. The fraction of sp³-hybridized carbons (Fsp3) is 0. The Morgan fingerprint density at radius 3 is 1.29 bits per heavy atom. The Hall–Kier alpha value is -2.82. The van der Waals surface area contributed by atoms with E-state index in [0.717, 1.165) is 22.3 Å². The predicted octanol–water partition coefficient (Wildman–Crippen LogP) is 8.10. The molecule has 2 aromatic carbocycles. The summed E-state index contributed by atoms with van der Waals surface area (Å²) in [6, 6.07) is 12.9. The summed E-state index contributed by atoms with van der Waals surface area (Å²) in [4.78, 5) is 0. The molecule has 0 atom stereocenters. The summed E-state index contributed by atoms with van der Waals surface area (Å²) >= 11 is 3.31. The van der Waals surface area contributed by atoms with Crippen LogP contribution in [0.5, 0.6) is 0 Å². The molecule has 0 unspecified atom stereocenters. The minimum absolute atomic E-state index is 0.232. The molecule has 0 N–H and O–H groups in total. The number of hydrogen-bond acceptors (Lipinski definition) is 2. The van der Waals surface area contributed by atoms with Gasteiger partial charge in [0.25, 0.3) is 0 Å². The monoisotopic (exact) mass is 406 g/mol. The predicted molar refractivity (Wildman–Crippen MR) is 118 cm³/mol. The maximum Gasteiger partial charge on any atom is 0.123 e. The highest BCUT2D eigenvalue weighted by molar-refractivity contribution is 7.09. The molecule has 4 heteroatoms. The average Bonchev–Trinajstić information content (AvgIpc) is 3.36. The molecule has 4 rings (SSSR count). The van der Waals surface area contributed by atoms with E-state index in [4.69, 9.17) is 0 Å². The van der Waals surface area contributed by atoms with Gasteiger partial charge < -0.3 is 0 Å². The molecule has 0 aliphatic rings. The highest BCUT2D eigenvalue weighted by atomic mass is 32.1. The van der Waals surface area contributed by atoms with E-state index in [1.165, 1.54) is 35.4 Å². The zero-order valence-corrected chi connectivity index (χ0v) is 16.4. The molecule has 0 aliphatic carbocycles. The maximum atomic E-state index is 13.1. The second kappa shape index (κ2) is 8.46. The van der Waals surface area contributed by atoms with Gasteiger partial charge in [-0.3, -0.25) is 0 Å². The Morgan fingerprint density at radius 1 is 0.500 bits per heavy atom. The van der Waals surface area contributed by atoms with Crippen molar-refractivity contribution >= 4 is 47.0 Å². The highest BCUT2D eigenvalue weighted by Gasteiger charge is 2.09. The Labute approximate surface area is 170 Å². The quantitative estimate of drug-likeness (QED) is 0.314. The lowest BCUT2D eigenvalue weighted by atomic mass is 10.0. The minimum Gasteiger partial charge on any atom is -0.207 e. The fourth-order valence-corrected chi connectivity index (χ4v) is 4.47. The molecule has 2 aromatic heterocycles. The summed E-state index contributed by atoms with van der Waals surface area (Å²) in [7, 11) is 0. The summed E-state index contributed by atoms with van der Waals surface area (Å²) in [5.41, 5.74) is 6.51. The van der Waals surface area contributed by atoms with E-state index < -0.39 is 0 Å². The van der Waals surface area contributed by atoms with Crippen molar-refractivity contribution in [3.8, 4) is 11.1 Å². The van der Waals surface area contributed by atoms with Gasteiger partial charge in [0.1, 0.15) is 11.6 Å². The van der Waals surface area contributed by atoms with E-state index in [1.54, 1.807) is 46.9 Å². The Kier molecular flexibility index (Phi) is 5.60. The fourth-order valence-electron chi connectivity index (χ4n) is 2.83. The first kappa shape index (κ1) is 18.5. The third-order valence-electron chi connectivity index (χ3n) is 4.32. The van der Waals surface area contributed by atoms with Crippen LogP contribution in [0.25, 0.3) is 35.4 Å². The van der Waals surface area contributed by atoms with Crippen LogP contribution in [0.2, 0.25) is 0 Å². The van der Waals surface area contributed by atoms with E-state index in [1.807, 2.05) is 12.2 Å². The normalized spacial score (nSPS) is 11.6. The van der Waals surface area contributed by atoms with Crippen LogP contribution in [-0.4, -0.2) is 0 Å². The van der Waals surface area contributed by atoms with Crippen molar-refractivity contribution in [3.63, 3.8) is 0 Å². The van der Waals surface area contributed by atoms with Gasteiger partial charge in [0.2, 0.25) is 0 Å². The van der Waals surface area contributed by atoms with Gasteiger partial charge in [-0.1, -0.05) is 48.6 Å². The van der Waals surface area contributed by atoms with Gasteiger partial charge >= 0.3 is 0 Å². The lowest BCUT2D eigenvalue weighted by Gasteiger charge is -2.01. The topological polar surface area (TPSA) is 0 Å². The van der Waals surface area contributed by atoms with Crippen LogP contribution in [0.1, 0.15) is 22.3 Å². The zero-order valence-electron chi connectivity index (χ0n) is 14.8. The van der Waals surface area contributed by atoms with Gasteiger partial charge in [-0.15, -0.1) is 0 Å². The van der Waals surface area contributed by atoms with E-state index in [0.29, 0.717) is 0 Å². The van der Waals surface area contributed by atoms with Crippen molar-refractivity contribution in [3.05, 3.63) is 104 Å². The molecule has 2 heterocycles. The summed E-state index contributed by atoms with van der Waals surface area (Å²) in [6.45, 7) is 0. The molecule has 0 saturated carbocycles. The molecule has 0 amide bonds. The summed E-state index contributed by atoms with van der Waals surface area (Å²) in [6.07, 6.45) is 8.10. The maximum absolute atomic E-state index is 13.1. The smallest absolute Gasteiger partial charge is 0.123 e. The number of benzene rings is 2. The molecule has 0 saturated heterocycles. The first-order valence-electron chi connectivity index (χ1n) is 8.69. The third-order valence-corrected chi connectivity index (χ3v) is 5.85. The number of hydrogen-bond donors (Lipinski definition) is 0. The molecule has 0 aliphatic heterocycles. The lowest BCUT2D eigenvalue weighted by molar-refractivity contribution is 0.627. The molecule has 0 fully saturated rings. The summed E-state index contributed by atoms with van der Waals surface area (Å²) in [5.74, 6) is -0.464. The highest BCUT2D eigenvalue weighted by Crippen LogP contribution is 2.34. The number of halogens is 2. The van der Waals surface area contributed by atoms with E-state index in [2.05, 4.69) is 33.7 Å². The SMILES string of the molecule is Fc1ccc(C=Cc2cscc2-c2cscc2C=Cc2ccc(F)cc2)cc1. The first-order chi connectivity index (χ1) is 13.7. The van der Waals surface area contributed by atoms with Crippen LogP contribution < -0.4 is 0 Å². The van der Waals surface area contributed by atoms with Gasteiger partial charge in [-0.2, -0.15) is 22.7 Å². The molecule has 0 radical (unpaired) electrons. The largest absolute Gasteiger partial charge is 0.207 e. The molecule has 0 spiro atoms. The van der Waals surface area contributed by atoms with Crippen LogP contribution in [0.15, 0.2) is 70.1 Å². The van der Waals surface area contributed by atoms with Crippen LogP contribution in [-0.2, 0) is 0 Å². The van der Waals surface area contributed by atoms with Crippen LogP contribution in [0, 0.1) is 11.6 Å². The Bertz CT molecular complexity index is 1020. The standard InChI is InChI=1S/C24H16F2S2/c25-21-9-3-17(4-10-21)1-7-19-13-27-15-23(19)24-16-28-14-20(24)8-2-18-5-11-22(26)12-6-18/h1-16H.